The number of fused-ring (bicyclic) bond motifs is 6. The number of benzene rings is 7. The van der Waals surface area contributed by atoms with Crippen molar-refractivity contribution in [1.82, 2.24) is 9.13 Å². The first-order valence-electron chi connectivity index (χ1n) is 17.5. The summed E-state index contributed by atoms with van der Waals surface area (Å²) in [5.74, 6) is 0. The Hall–Kier alpha value is -6.38. The zero-order valence-electron chi connectivity index (χ0n) is 27.6. The summed E-state index contributed by atoms with van der Waals surface area (Å²) in [4.78, 5) is 0. The predicted molar refractivity (Wildman–Crippen MR) is 213 cm³/mol. The number of rotatable bonds is 5. The first-order chi connectivity index (χ1) is 24.8. The molecule has 0 radical (unpaired) electrons. The van der Waals surface area contributed by atoms with Crippen LogP contribution in [-0.4, -0.2) is 9.13 Å². The van der Waals surface area contributed by atoms with Gasteiger partial charge in [0.15, 0.2) is 0 Å². The zero-order chi connectivity index (χ0) is 33.0. The van der Waals surface area contributed by atoms with Gasteiger partial charge < -0.3 is 9.13 Å². The molecule has 0 saturated carbocycles. The number of aromatic nitrogens is 2. The summed E-state index contributed by atoms with van der Waals surface area (Å²) in [7, 11) is 0. The van der Waals surface area contributed by atoms with E-state index in [9.17, 15) is 0 Å². The molecule has 0 atom stereocenters. The van der Waals surface area contributed by atoms with Gasteiger partial charge in [0.2, 0.25) is 0 Å². The van der Waals surface area contributed by atoms with Crippen LogP contribution in [0.5, 0.6) is 0 Å². The Bertz CT molecular complexity index is 2790. The molecule has 0 amide bonds. The van der Waals surface area contributed by atoms with Crippen LogP contribution in [0.15, 0.2) is 182 Å². The summed E-state index contributed by atoms with van der Waals surface area (Å²) >= 11 is 0. The van der Waals surface area contributed by atoms with Crippen molar-refractivity contribution in [3.8, 4) is 27.9 Å². The van der Waals surface area contributed by atoms with Crippen molar-refractivity contribution in [3.63, 3.8) is 0 Å². The van der Waals surface area contributed by atoms with Crippen molar-refractivity contribution in [1.29, 1.82) is 0 Å². The van der Waals surface area contributed by atoms with Gasteiger partial charge in [-0.2, -0.15) is 0 Å². The minimum absolute atomic E-state index is 0.999. The molecule has 0 bridgehead atoms. The van der Waals surface area contributed by atoms with E-state index in [2.05, 4.69) is 191 Å². The number of allylic oxidation sites excluding steroid dienone is 4. The molecule has 236 valence electrons. The third-order valence-corrected chi connectivity index (χ3v) is 10.4. The molecule has 2 heteroatoms. The second-order valence-electron chi connectivity index (χ2n) is 13.2. The van der Waals surface area contributed by atoms with Crippen LogP contribution in [0.25, 0.3) is 82.8 Å². The molecular formula is C48H34N2. The molecule has 0 spiro atoms. The van der Waals surface area contributed by atoms with E-state index in [1.54, 1.807) is 0 Å². The van der Waals surface area contributed by atoms with Gasteiger partial charge in [0.05, 0.1) is 22.1 Å². The maximum absolute atomic E-state index is 2.52. The smallest absolute Gasteiger partial charge is 0.0547 e. The van der Waals surface area contributed by atoms with Crippen LogP contribution in [0.4, 0.5) is 0 Å². The highest BCUT2D eigenvalue weighted by Gasteiger charge is 2.22. The Morgan fingerprint density at radius 2 is 0.920 bits per heavy atom. The zero-order valence-corrected chi connectivity index (χ0v) is 27.6. The molecule has 2 heterocycles. The van der Waals surface area contributed by atoms with Crippen molar-refractivity contribution < 1.29 is 0 Å². The number of hydrogen-bond donors (Lipinski definition) is 0. The summed E-state index contributed by atoms with van der Waals surface area (Å²) in [5, 5.41) is 5.13. The fourth-order valence-electron chi connectivity index (χ4n) is 8.22. The topological polar surface area (TPSA) is 9.86 Å². The van der Waals surface area contributed by atoms with Gasteiger partial charge in [-0.25, -0.2) is 0 Å². The van der Waals surface area contributed by atoms with E-state index >= 15 is 0 Å². The van der Waals surface area contributed by atoms with E-state index in [4.69, 9.17) is 0 Å². The van der Waals surface area contributed by atoms with E-state index in [1.165, 1.54) is 82.7 Å². The Labute approximate surface area is 291 Å². The van der Waals surface area contributed by atoms with E-state index in [1.807, 2.05) is 0 Å². The van der Waals surface area contributed by atoms with Crippen LogP contribution in [0.2, 0.25) is 0 Å². The van der Waals surface area contributed by atoms with Crippen LogP contribution in [-0.2, 0) is 0 Å². The molecule has 0 aliphatic heterocycles. The SMILES string of the molecule is C1=C(c2ccccc2)C=C(n2c3ccccc3c3c(-c4cccc5c4c4ccccc4n5-c4cccc(-c5ccccc5)c4)cccc32)CC1. The van der Waals surface area contributed by atoms with Crippen LogP contribution in [0, 0.1) is 0 Å². The molecule has 9 aromatic rings. The third kappa shape index (κ3) is 4.49. The normalized spacial score (nSPS) is 13.3. The van der Waals surface area contributed by atoms with Crippen LogP contribution < -0.4 is 0 Å². The predicted octanol–water partition coefficient (Wildman–Crippen LogP) is 12.9. The van der Waals surface area contributed by atoms with Gasteiger partial charge in [0.1, 0.15) is 0 Å². The number of hydrogen-bond acceptors (Lipinski definition) is 0. The Balaban J connectivity index is 1.22. The molecule has 0 saturated heterocycles. The van der Waals surface area contributed by atoms with E-state index in [0.29, 0.717) is 0 Å². The second kappa shape index (κ2) is 11.6. The molecule has 0 unspecified atom stereocenters. The van der Waals surface area contributed by atoms with Crippen molar-refractivity contribution in [2.45, 2.75) is 12.8 Å². The van der Waals surface area contributed by atoms with Crippen LogP contribution in [0.1, 0.15) is 18.4 Å². The molecule has 2 nitrogen and oxygen atoms in total. The Morgan fingerprint density at radius 3 is 1.60 bits per heavy atom. The third-order valence-electron chi connectivity index (χ3n) is 10.4. The second-order valence-corrected chi connectivity index (χ2v) is 13.2. The minimum Gasteiger partial charge on any atom is -0.313 e. The number of para-hydroxylation sites is 2. The maximum Gasteiger partial charge on any atom is 0.0547 e. The van der Waals surface area contributed by atoms with Gasteiger partial charge in [-0.3, -0.25) is 0 Å². The van der Waals surface area contributed by atoms with Crippen molar-refractivity contribution in [2.24, 2.45) is 0 Å². The maximum atomic E-state index is 2.52. The average molecular weight is 639 g/mol. The van der Waals surface area contributed by atoms with E-state index < -0.39 is 0 Å². The average Bonchev–Trinajstić information content (AvgIpc) is 3.72. The van der Waals surface area contributed by atoms with Crippen molar-refractivity contribution in [3.05, 3.63) is 188 Å². The summed E-state index contributed by atoms with van der Waals surface area (Å²) in [6, 6.07) is 61.8. The summed E-state index contributed by atoms with van der Waals surface area (Å²) in [6.07, 6.45) is 6.80. The lowest BCUT2D eigenvalue weighted by Gasteiger charge is -2.18. The van der Waals surface area contributed by atoms with E-state index in [-0.39, 0.29) is 0 Å². The quantitative estimate of drug-likeness (QED) is 0.178. The minimum atomic E-state index is 0.999. The van der Waals surface area contributed by atoms with Gasteiger partial charge in [0.25, 0.3) is 0 Å². The standard InChI is InChI=1S/C48H34N2/c1-3-15-33(16-4-1)35-19-11-21-37(31-35)49-43-27-9-7-23-41(43)47-39(25-13-29-45(47)49)40-26-14-30-46-48(40)42-24-8-10-28-44(42)50(46)38-22-12-20-36(32-38)34-17-5-2-6-18-34/h1-11,13-21,23-32H,12,22H2. The molecule has 1 aliphatic carbocycles. The highest BCUT2D eigenvalue weighted by atomic mass is 15.0. The van der Waals surface area contributed by atoms with Gasteiger partial charge >= 0.3 is 0 Å². The van der Waals surface area contributed by atoms with Crippen LogP contribution in [0.3, 0.4) is 0 Å². The summed E-state index contributed by atoms with van der Waals surface area (Å²) in [5.41, 5.74) is 14.9. The van der Waals surface area contributed by atoms with Crippen LogP contribution >= 0.6 is 0 Å². The van der Waals surface area contributed by atoms with Gasteiger partial charge in [-0.15, -0.1) is 0 Å². The first kappa shape index (κ1) is 28.6. The largest absolute Gasteiger partial charge is 0.313 e. The molecule has 7 aromatic carbocycles. The van der Waals surface area contributed by atoms with Gasteiger partial charge in [0, 0.05) is 32.9 Å². The van der Waals surface area contributed by atoms with Crippen molar-refractivity contribution in [2.75, 3.05) is 0 Å². The van der Waals surface area contributed by atoms with Gasteiger partial charge in [-0.1, -0.05) is 140 Å². The van der Waals surface area contributed by atoms with E-state index in [0.717, 1.165) is 18.5 Å². The Morgan fingerprint density at radius 1 is 0.400 bits per heavy atom. The van der Waals surface area contributed by atoms with Gasteiger partial charge in [-0.05, 0) is 88.7 Å². The fourth-order valence-corrected chi connectivity index (χ4v) is 8.22. The molecule has 50 heavy (non-hydrogen) atoms. The highest BCUT2D eigenvalue weighted by Crippen LogP contribution is 2.44. The Kier molecular flexibility index (Phi) is 6.67. The monoisotopic (exact) mass is 638 g/mol. The molecule has 0 N–H and O–H groups in total. The molecule has 1 aliphatic rings. The molecule has 2 aromatic heterocycles. The molecule has 0 fully saturated rings. The number of nitrogens with zero attached hydrogens (tertiary/aromatic N) is 2. The first-order valence-corrected chi connectivity index (χ1v) is 17.5. The summed E-state index contributed by atoms with van der Waals surface area (Å²) in [6.45, 7) is 0. The lowest BCUT2D eigenvalue weighted by Crippen LogP contribution is -2.01. The molecule has 10 rings (SSSR count). The summed E-state index contributed by atoms with van der Waals surface area (Å²) < 4.78 is 4.96. The lowest BCUT2D eigenvalue weighted by atomic mass is 9.95. The van der Waals surface area contributed by atoms with Crippen molar-refractivity contribution >= 4 is 54.9 Å². The highest BCUT2D eigenvalue weighted by molar-refractivity contribution is 6.22. The fraction of sp³-hybridized carbons (Fsp3) is 0.0417. The lowest BCUT2D eigenvalue weighted by molar-refractivity contribution is 0.983. The molecular weight excluding hydrogens is 605 g/mol.